The molecular weight excluding hydrogens is 384 g/mol. The van der Waals surface area contributed by atoms with Crippen molar-refractivity contribution in [1.29, 1.82) is 0 Å². The van der Waals surface area contributed by atoms with Gasteiger partial charge in [-0.15, -0.1) is 0 Å². The number of amides is 4. The molecule has 158 valence electrons. The van der Waals surface area contributed by atoms with E-state index in [9.17, 15) is 19.2 Å². The van der Waals surface area contributed by atoms with E-state index < -0.39 is 23.8 Å². The Morgan fingerprint density at radius 1 is 0.967 bits per heavy atom. The van der Waals surface area contributed by atoms with Crippen LogP contribution in [0.4, 0.5) is 5.69 Å². The van der Waals surface area contributed by atoms with E-state index in [0.29, 0.717) is 11.1 Å². The molecule has 4 aliphatic rings. The lowest BCUT2D eigenvalue weighted by atomic mass is 9.81. The van der Waals surface area contributed by atoms with Gasteiger partial charge < -0.3 is 10.2 Å². The molecule has 2 N–H and O–H groups in total. The minimum atomic E-state index is -0.928. The number of rotatable bonds is 2. The zero-order valence-electron chi connectivity index (χ0n) is 16.9. The minimum absolute atomic E-state index is 0.123. The fourth-order valence-corrected chi connectivity index (χ4v) is 5.39. The molecule has 0 radical (unpaired) electrons. The smallest absolute Gasteiger partial charge is 0.262 e. The molecule has 0 aromatic heterocycles. The number of imide groups is 2. The molecule has 2 atom stereocenters. The van der Waals surface area contributed by atoms with Gasteiger partial charge in [0.25, 0.3) is 11.8 Å². The van der Waals surface area contributed by atoms with Crippen LogP contribution in [-0.2, 0) is 9.59 Å². The highest BCUT2D eigenvalue weighted by Gasteiger charge is 2.45. The van der Waals surface area contributed by atoms with E-state index in [0.717, 1.165) is 49.5 Å². The van der Waals surface area contributed by atoms with E-state index in [1.807, 2.05) is 6.07 Å². The lowest BCUT2D eigenvalue weighted by Gasteiger charge is -2.46. The van der Waals surface area contributed by atoms with Crippen LogP contribution in [0.25, 0.3) is 0 Å². The van der Waals surface area contributed by atoms with Crippen LogP contribution < -0.4 is 15.5 Å². The van der Waals surface area contributed by atoms with Gasteiger partial charge in [0.05, 0.1) is 11.1 Å². The summed E-state index contributed by atoms with van der Waals surface area (Å²) < 4.78 is 0. The first-order valence-electron chi connectivity index (χ1n) is 10.8. The molecule has 0 saturated carbocycles. The molecule has 2 unspecified atom stereocenters. The Morgan fingerprint density at radius 3 is 2.53 bits per heavy atom. The standard InChI is InChI=1S/C22H26N4O4/c27-18-7-6-17(19(28)24-18)26-20(29)15-5-4-14(12-16(15)21(26)30)25-11-3-9-22(13-25)8-1-2-10-23-22/h4-5,12,17,23H,1-3,6-11,13H2,(H,24,27,28). The first-order valence-corrected chi connectivity index (χ1v) is 10.8. The topological polar surface area (TPSA) is 98.8 Å². The summed E-state index contributed by atoms with van der Waals surface area (Å²) in [6.07, 6.45) is 6.15. The van der Waals surface area contributed by atoms with E-state index >= 15 is 0 Å². The average molecular weight is 410 g/mol. The molecule has 1 aromatic rings. The Kier molecular flexibility index (Phi) is 4.61. The largest absolute Gasteiger partial charge is 0.370 e. The predicted molar refractivity (Wildman–Crippen MR) is 109 cm³/mol. The fourth-order valence-electron chi connectivity index (χ4n) is 5.39. The van der Waals surface area contributed by atoms with E-state index in [1.165, 1.54) is 12.8 Å². The summed E-state index contributed by atoms with van der Waals surface area (Å²) in [5, 5.41) is 5.95. The predicted octanol–water partition coefficient (Wildman–Crippen LogP) is 1.20. The summed E-state index contributed by atoms with van der Waals surface area (Å²) in [6.45, 7) is 2.86. The molecule has 0 bridgehead atoms. The van der Waals surface area contributed by atoms with Crippen LogP contribution in [0.15, 0.2) is 18.2 Å². The SMILES string of the molecule is O=C1CCC(N2C(=O)c3ccc(N4CCCC5(CCCCN5)C4)cc3C2=O)C(=O)N1. The number of hydrogen-bond acceptors (Lipinski definition) is 6. The van der Waals surface area contributed by atoms with Gasteiger partial charge in [-0.25, -0.2) is 0 Å². The molecule has 4 heterocycles. The second-order valence-corrected chi connectivity index (χ2v) is 8.87. The normalized spacial score (nSPS) is 29.4. The molecule has 4 amide bonds. The molecule has 1 spiro atoms. The van der Waals surface area contributed by atoms with Gasteiger partial charge in [0.1, 0.15) is 6.04 Å². The number of anilines is 1. The summed E-state index contributed by atoms with van der Waals surface area (Å²) in [7, 11) is 0. The number of carbonyl (C=O) groups is 4. The number of fused-ring (bicyclic) bond motifs is 1. The summed E-state index contributed by atoms with van der Waals surface area (Å²) in [4.78, 5) is 52.9. The van der Waals surface area contributed by atoms with Crippen molar-refractivity contribution in [3.05, 3.63) is 29.3 Å². The monoisotopic (exact) mass is 410 g/mol. The quantitative estimate of drug-likeness (QED) is 0.711. The maximum atomic E-state index is 13.1. The molecule has 8 nitrogen and oxygen atoms in total. The molecule has 4 aliphatic heterocycles. The fraction of sp³-hybridized carbons (Fsp3) is 0.545. The highest BCUT2D eigenvalue weighted by atomic mass is 16.2. The van der Waals surface area contributed by atoms with E-state index in [1.54, 1.807) is 12.1 Å². The van der Waals surface area contributed by atoms with Crippen LogP contribution >= 0.6 is 0 Å². The van der Waals surface area contributed by atoms with Crippen molar-refractivity contribution in [2.45, 2.75) is 56.5 Å². The van der Waals surface area contributed by atoms with Crippen LogP contribution in [0, 0.1) is 0 Å². The van der Waals surface area contributed by atoms with Crippen LogP contribution in [0.2, 0.25) is 0 Å². The summed E-state index contributed by atoms with van der Waals surface area (Å²) in [5.41, 5.74) is 1.74. The number of piperidine rings is 3. The van der Waals surface area contributed by atoms with E-state index in [-0.39, 0.29) is 24.3 Å². The molecule has 30 heavy (non-hydrogen) atoms. The van der Waals surface area contributed by atoms with Gasteiger partial charge in [0, 0.05) is 30.7 Å². The Bertz CT molecular complexity index is 932. The Hall–Kier alpha value is -2.74. The Labute approximate surface area is 175 Å². The first-order chi connectivity index (χ1) is 14.5. The number of nitrogens with one attached hydrogen (secondary N) is 2. The van der Waals surface area contributed by atoms with Crippen molar-refractivity contribution in [1.82, 2.24) is 15.5 Å². The van der Waals surface area contributed by atoms with Crippen molar-refractivity contribution in [3.63, 3.8) is 0 Å². The van der Waals surface area contributed by atoms with Gasteiger partial charge in [-0.3, -0.25) is 29.4 Å². The third-order valence-corrected chi connectivity index (χ3v) is 6.95. The molecule has 0 aliphatic carbocycles. The maximum absolute atomic E-state index is 13.1. The van der Waals surface area contributed by atoms with Crippen molar-refractivity contribution < 1.29 is 19.2 Å². The number of nitrogens with zero attached hydrogens (tertiary/aromatic N) is 2. The van der Waals surface area contributed by atoms with Gasteiger partial charge >= 0.3 is 0 Å². The molecule has 3 fully saturated rings. The third-order valence-electron chi connectivity index (χ3n) is 6.95. The lowest BCUT2D eigenvalue weighted by Crippen LogP contribution is -2.59. The molecular formula is C22H26N4O4. The lowest BCUT2D eigenvalue weighted by molar-refractivity contribution is -0.136. The van der Waals surface area contributed by atoms with Crippen LogP contribution in [0.5, 0.6) is 0 Å². The van der Waals surface area contributed by atoms with Crippen LogP contribution in [-0.4, -0.2) is 59.7 Å². The van der Waals surface area contributed by atoms with Crippen molar-refractivity contribution in [2.24, 2.45) is 0 Å². The number of benzene rings is 1. The Morgan fingerprint density at radius 2 is 1.77 bits per heavy atom. The summed E-state index contributed by atoms with van der Waals surface area (Å²) in [6, 6.07) is 4.47. The zero-order valence-corrected chi connectivity index (χ0v) is 16.9. The minimum Gasteiger partial charge on any atom is -0.370 e. The zero-order chi connectivity index (χ0) is 20.9. The van der Waals surface area contributed by atoms with Gasteiger partial charge in [0.2, 0.25) is 11.8 Å². The summed E-state index contributed by atoms with van der Waals surface area (Å²) >= 11 is 0. The number of carbonyl (C=O) groups excluding carboxylic acids is 4. The van der Waals surface area contributed by atoms with Crippen molar-refractivity contribution in [3.8, 4) is 0 Å². The highest BCUT2D eigenvalue weighted by molar-refractivity contribution is 6.23. The Balaban J connectivity index is 1.40. The van der Waals surface area contributed by atoms with Crippen LogP contribution in [0.1, 0.15) is 65.7 Å². The average Bonchev–Trinajstić information content (AvgIpc) is 2.99. The molecule has 3 saturated heterocycles. The third kappa shape index (κ3) is 3.10. The second kappa shape index (κ2) is 7.19. The highest BCUT2D eigenvalue weighted by Crippen LogP contribution is 2.35. The van der Waals surface area contributed by atoms with E-state index in [2.05, 4.69) is 15.5 Å². The number of hydrogen-bond donors (Lipinski definition) is 2. The molecule has 8 heteroatoms. The van der Waals surface area contributed by atoms with Crippen molar-refractivity contribution in [2.75, 3.05) is 24.5 Å². The van der Waals surface area contributed by atoms with Crippen molar-refractivity contribution >= 4 is 29.3 Å². The maximum Gasteiger partial charge on any atom is 0.262 e. The first kappa shape index (κ1) is 19.2. The summed E-state index contributed by atoms with van der Waals surface area (Å²) in [5.74, 6) is -1.86. The van der Waals surface area contributed by atoms with Crippen LogP contribution in [0.3, 0.4) is 0 Å². The van der Waals surface area contributed by atoms with Gasteiger partial charge in [-0.05, 0) is 56.8 Å². The second-order valence-electron chi connectivity index (χ2n) is 8.87. The molecule has 1 aromatic carbocycles. The van der Waals surface area contributed by atoms with Gasteiger partial charge in [0.15, 0.2) is 0 Å². The van der Waals surface area contributed by atoms with Gasteiger partial charge in [-0.2, -0.15) is 0 Å². The van der Waals surface area contributed by atoms with Gasteiger partial charge in [-0.1, -0.05) is 6.42 Å². The van der Waals surface area contributed by atoms with E-state index in [4.69, 9.17) is 0 Å². The molecule has 5 rings (SSSR count).